The van der Waals surface area contributed by atoms with E-state index in [2.05, 4.69) is 23.1 Å². The van der Waals surface area contributed by atoms with Gasteiger partial charge in [-0.15, -0.1) is 0 Å². The lowest BCUT2D eigenvalue weighted by Crippen LogP contribution is -2.45. The van der Waals surface area contributed by atoms with Gasteiger partial charge >= 0.3 is 0 Å². The maximum atomic E-state index is 11.9. The minimum absolute atomic E-state index is 0.0932. The molecule has 0 unspecified atom stereocenters. The zero-order chi connectivity index (χ0) is 18.2. The van der Waals surface area contributed by atoms with Crippen molar-refractivity contribution in [1.82, 2.24) is 10.9 Å². The highest BCUT2D eigenvalue weighted by Crippen LogP contribution is 2.16. The van der Waals surface area contributed by atoms with Gasteiger partial charge in [0.05, 0.1) is 0 Å². The average Bonchev–Trinajstić information content (AvgIpc) is 2.58. The van der Waals surface area contributed by atoms with Crippen molar-refractivity contribution < 1.29 is 9.53 Å². The fraction of sp³-hybridized carbons (Fsp3) is 0.263. The van der Waals surface area contributed by atoms with Crippen LogP contribution in [0.1, 0.15) is 23.6 Å². The highest BCUT2D eigenvalue weighted by atomic mass is 32.1. The first-order valence-corrected chi connectivity index (χ1v) is 8.53. The zero-order valence-electron chi connectivity index (χ0n) is 14.7. The maximum absolute atomic E-state index is 11.9. The van der Waals surface area contributed by atoms with Gasteiger partial charge in [-0.2, -0.15) is 0 Å². The van der Waals surface area contributed by atoms with Gasteiger partial charge in [-0.05, 0) is 67.4 Å². The second kappa shape index (κ2) is 9.03. The lowest BCUT2D eigenvalue weighted by molar-refractivity contribution is -0.123. The summed E-state index contributed by atoms with van der Waals surface area (Å²) in [5, 5.41) is 3.39. The van der Waals surface area contributed by atoms with Gasteiger partial charge in [0, 0.05) is 5.69 Å². The molecule has 3 N–H and O–H groups in total. The van der Waals surface area contributed by atoms with Crippen molar-refractivity contribution in [1.29, 1.82) is 0 Å². The molecule has 0 aliphatic heterocycles. The van der Waals surface area contributed by atoms with E-state index in [1.807, 2.05) is 56.3 Å². The molecule has 0 aliphatic carbocycles. The van der Waals surface area contributed by atoms with Crippen LogP contribution in [0.4, 0.5) is 5.69 Å². The first-order valence-electron chi connectivity index (χ1n) is 8.12. The molecule has 0 heterocycles. The topological polar surface area (TPSA) is 62.4 Å². The monoisotopic (exact) mass is 357 g/mol. The molecule has 2 aromatic carbocycles. The van der Waals surface area contributed by atoms with Gasteiger partial charge < -0.3 is 10.1 Å². The predicted molar refractivity (Wildman–Crippen MR) is 105 cm³/mol. The summed E-state index contributed by atoms with van der Waals surface area (Å²) in [4.78, 5) is 11.9. The van der Waals surface area contributed by atoms with Crippen LogP contribution in [0, 0.1) is 13.8 Å². The van der Waals surface area contributed by atoms with Crippen molar-refractivity contribution in [3.05, 3.63) is 59.2 Å². The summed E-state index contributed by atoms with van der Waals surface area (Å²) in [7, 11) is 0. The number of nitrogens with one attached hydrogen (secondary N) is 3. The van der Waals surface area contributed by atoms with Crippen molar-refractivity contribution in [3.63, 3.8) is 0 Å². The summed E-state index contributed by atoms with van der Waals surface area (Å²) >= 11 is 5.20. The minimum atomic E-state index is -0.313. The van der Waals surface area contributed by atoms with Crippen molar-refractivity contribution in [2.75, 3.05) is 11.9 Å². The zero-order valence-corrected chi connectivity index (χ0v) is 15.5. The van der Waals surface area contributed by atoms with Gasteiger partial charge in [0.25, 0.3) is 5.91 Å². The number of anilines is 1. The molecule has 0 saturated heterocycles. The molecule has 2 rings (SSSR count). The second-order valence-corrected chi connectivity index (χ2v) is 6.16. The van der Waals surface area contributed by atoms with Gasteiger partial charge in [0.2, 0.25) is 0 Å². The van der Waals surface area contributed by atoms with Gasteiger partial charge in [-0.1, -0.05) is 31.2 Å². The molecule has 6 heteroatoms. The average molecular weight is 357 g/mol. The number of para-hydroxylation sites is 1. The smallest absolute Gasteiger partial charge is 0.276 e. The van der Waals surface area contributed by atoms with E-state index in [9.17, 15) is 4.79 Å². The second-order valence-electron chi connectivity index (χ2n) is 5.75. The van der Waals surface area contributed by atoms with Crippen molar-refractivity contribution in [2.24, 2.45) is 0 Å². The molecule has 0 fully saturated rings. The molecule has 0 aromatic heterocycles. The van der Waals surface area contributed by atoms with Gasteiger partial charge in [0.1, 0.15) is 5.75 Å². The Hall–Kier alpha value is -2.60. The van der Waals surface area contributed by atoms with Crippen LogP contribution in [0.5, 0.6) is 5.75 Å². The van der Waals surface area contributed by atoms with E-state index in [0.717, 1.165) is 28.8 Å². The minimum Gasteiger partial charge on any atom is -0.484 e. The van der Waals surface area contributed by atoms with Crippen LogP contribution in [0.25, 0.3) is 0 Å². The van der Waals surface area contributed by atoms with Crippen LogP contribution < -0.4 is 20.9 Å². The maximum Gasteiger partial charge on any atom is 0.276 e. The number of hydrazine groups is 1. The fourth-order valence-corrected chi connectivity index (χ4v) is 2.59. The quantitative estimate of drug-likeness (QED) is 0.566. The number of amides is 1. The lowest BCUT2D eigenvalue weighted by Gasteiger charge is -2.14. The van der Waals surface area contributed by atoms with E-state index < -0.39 is 0 Å². The number of rotatable bonds is 5. The Morgan fingerprint density at radius 3 is 2.44 bits per heavy atom. The van der Waals surface area contributed by atoms with E-state index in [1.54, 1.807) is 0 Å². The summed E-state index contributed by atoms with van der Waals surface area (Å²) in [6, 6.07) is 13.7. The van der Waals surface area contributed by atoms with Crippen LogP contribution in [0.15, 0.2) is 42.5 Å². The Morgan fingerprint density at radius 2 is 1.76 bits per heavy atom. The van der Waals surface area contributed by atoms with Crippen LogP contribution in [-0.2, 0) is 11.2 Å². The number of ether oxygens (including phenoxy) is 1. The number of hydrogen-bond donors (Lipinski definition) is 3. The number of carbonyl (C=O) groups excluding carboxylic acids is 1. The summed E-state index contributed by atoms with van der Waals surface area (Å²) in [5.41, 5.74) is 9.46. The highest BCUT2D eigenvalue weighted by molar-refractivity contribution is 7.80. The summed E-state index contributed by atoms with van der Waals surface area (Å²) < 4.78 is 5.50. The fourth-order valence-electron chi connectivity index (χ4n) is 2.43. The molecule has 0 spiro atoms. The van der Waals surface area contributed by atoms with E-state index in [1.165, 1.54) is 0 Å². The molecule has 2 aromatic rings. The number of aryl methyl sites for hydroxylation is 3. The SMILES string of the molecule is CCc1ccccc1NC(=S)NNC(=O)COc1cc(C)cc(C)c1. The Bertz CT molecular complexity index is 742. The number of thiocarbonyl (C=S) groups is 1. The van der Waals surface area contributed by atoms with Gasteiger partial charge in [-0.3, -0.25) is 15.6 Å². The molecule has 0 atom stereocenters. The van der Waals surface area contributed by atoms with E-state index in [4.69, 9.17) is 17.0 Å². The Labute approximate surface area is 153 Å². The number of benzene rings is 2. The molecular formula is C19H23N3O2S. The number of carbonyl (C=O) groups is 1. The van der Waals surface area contributed by atoms with Crippen molar-refractivity contribution in [2.45, 2.75) is 27.2 Å². The summed E-state index contributed by atoms with van der Waals surface area (Å²) in [5.74, 6) is 0.359. The number of hydrogen-bond acceptors (Lipinski definition) is 3. The predicted octanol–water partition coefficient (Wildman–Crippen LogP) is 3.26. The van der Waals surface area contributed by atoms with Crippen molar-refractivity contribution >= 4 is 28.9 Å². The molecule has 25 heavy (non-hydrogen) atoms. The normalized spacial score (nSPS) is 10.0. The molecule has 0 aliphatic rings. The van der Waals surface area contributed by atoms with E-state index >= 15 is 0 Å². The van der Waals surface area contributed by atoms with Crippen LogP contribution in [0.3, 0.4) is 0 Å². The molecule has 132 valence electrons. The largest absolute Gasteiger partial charge is 0.484 e. The Balaban J connectivity index is 1.78. The van der Waals surface area contributed by atoms with Gasteiger partial charge in [-0.25, -0.2) is 0 Å². The standard InChI is InChI=1S/C19H23N3O2S/c1-4-15-7-5-6-8-17(15)20-19(25)22-21-18(23)12-24-16-10-13(2)9-14(3)11-16/h5-11H,4,12H2,1-3H3,(H,21,23)(H2,20,22,25). The third kappa shape index (κ3) is 6.08. The summed E-state index contributed by atoms with van der Waals surface area (Å²) in [6.07, 6.45) is 0.891. The summed E-state index contributed by atoms with van der Waals surface area (Å²) in [6.45, 7) is 5.95. The molecule has 0 saturated carbocycles. The first kappa shape index (κ1) is 18.7. The van der Waals surface area contributed by atoms with E-state index in [0.29, 0.717) is 10.9 Å². The molecule has 1 amide bonds. The molecule has 0 bridgehead atoms. The van der Waals surface area contributed by atoms with Gasteiger partial charge in [0.15, 0.2) is 11.7 Å². The molecular weight excluding hydrogens is 334 g/mol. The Kier molecular flexibility index (Phi) is 6.77. The highest BCUT2D eigenvalue weighted by Gasteiger charge is 2.06. The van der Waals surface area contributed by atoms with Crippen LogP contribution >= 0.6 is 12.2 Å². The Morgan fingerprint density at radius 1 is 1.08 bits per heavy atom. The third-order valence-corrected chi connectivity index (χ3v) is 3.73. The first-order chi connectivity index (χ1) is 12.0. The molecule has 0 radical (unpaired) electrons. The van der Waals surface area contributed by atoms with Crippen molar-refractivity contribution in [3.8, 4) is 5.75 Å². The molecule has 5 nitrogen and oxygen atoms in total. The van der Waals surface area contributed by atoms with Crippen LogP contribution in [-0.4, -0.2) is 17.6 Å². The van der Waals surface area contributed by atoms with Crippen LogP contribution in [0.2, 0.25) is 0 Å². The lowest BCUT2D eigenvalue weighted by atomic mass is 10.1. The van der Waals surface area contributed by atoms with E-state index in [-0.39, 0.29) is 12.5 Å². The third-order valence-electron chi connectivity index (χ3n) is 3.53.